The predicted octanol–water partition coefficient (Wildman–Crippen LogP) is 2.13. The topological polar surface area (TPSA) is 68.0 Å². The van der Waals surface area contributed by atoms with Gasteiger partial charge in [0.15, 0.2) is 5.16 Å². The lowest BCUT2D eigenvalue weighted by Gasteiger charge is -2.24. The first kappa shape index (κ1) is 12.0. The van der Waals surface area contributed by atoms with E-state index in [1.54, 1.807) is 0 Å². The minimum absolute atomic E-state index is 0.0638. The minimum Gasteiger partial charge on any atom is -0.481 e. The maximum atomic E-state index is 10.6. The van der Waals surface area contributed by atoms with E-state index >= 15 is 0 Å². The van der Waals surface area contributed by atoms with Gasteiger partial charge in [0.2, 0.25) is 0 Å². The Labute approximate surface area is 110 Å². The van der Waals surface area contributed by atoms with Crippen molar-refractivity contribution in [3.63, 3.8) is 0 Å². The van der Waals surface area contributed by atoms with Crippen LogP contribution in [0.25, 0.3) is 0 Å². The number of thioether (sulfide) groups is 1. The molecule has 0 radical (unpaired) electrons. The zero-order chi connectivity index (χ0) is 12.5. The van der Waals surface area contributed by atoms with Gasteiger partial charge in [0.1, 0.15) is 5.82 Å². The molecule has 0 aliphatic heterocycles. The van der Waals surface area contributed by atoms with Gasteiger partial charge in [-0.15, -0.1) is 10.2 Å². The molecular formula is C12H17N3O2S. The van der Waals surface area contributed by atoms with E-state index in [0.29, 0.717) is 6.04 Å². The highest BCUT2D eigenvalue weighted by Gasteiger charge is 2.31. The van der Waals surface area contributed by atoms with Crippen LogP contribution >= 0.6 is 11.8 Å². The summed E-state index contributed by atoms with van der Waals surface area (Å²) >= 11 is 1.29. The number of aromatic nitrogens is 3. The van der Waals surface area contributed by atoms with Gasteiger partial charge in [0.05, 0.1) is 5.75 Å². The Hall–Kier alpha value is -1.04. The molecule has 0 spiro atoms. The maximum absolute atomic E-state index is 10.6. The molecule has 1 heterocycles. The van der Waals surface area contributed by atoms with Crippen molar-refractivity contribution in [2.45, 2.75) is 49.7 Å². The lowest BCUT2D eigenvalue weighted by atomic mass is 9.83. The third-order valence-corrected chi connectivity index (χ3v) is 4.60. The van der Waals surface area contributed by atoms with Crippen LogP contribution in [-0.4, -0.2) is 31.6 Å². The molecule has 0 amide bonds. The van der Waals surface area contributed by atoms with Crippen LogP contribution in [0, 0.1) is 5.92 Å². The van der Waals surface area contributed by atoms with E-state index < -0.39 is 5.97 Å². The molecule has 0 unspecified atom stereocenters. The number of nitrogens with zero attached hydrogens (tertiary/aromatic N) is 3. The number of aliphatic carboxylic acids is 1. The molecule has 1 aromatic heterocycles. The van der Waals surface area contributed by atoms with Crippen molar-refractivity contribution < 1.29 is 9.90 Å². The largest absolute Gasteiger partial charge is 0.481 e. The van der Waals surface area contributed by atoms with E-state index in [4.69, 9.17) is 5.11 Å². The third kappa shape index (κ3) is 2.53. The Bertz CT molecular complexity index is 452. The highest BCUT2D eigenvalue weighted by Crippen LogP contribution is 2.40. The molecule has 3 rings (SSSR count). The van der Waals surface area contributed by atoms with Gasteiger partial charge in [-0.1, -0.05) is 31.0 Å². The van der Waals surface area contributed by atoms with Crippen LogP contribution in [0.4, 0.5) is 0 Å². The molecule has 0 aromatic carbocycles. The SMILES string of the molecule is O=C(O)CSc1nnc(CC2CCC2)n1C1CC1. The summed E-state index contributed by atoms with van der Waals surface area (Å²) in [5.41, 5.74) is 0. The Morgan fingerprint density at radius 1 is 1.33 bits per heavy atom. The molecule has 5 nitrogen and oxygen atoms in total. The molecule has 2 saturated carbocycles. The van der Waals surface area contributed by atoms with Crippen LogP contribution < -0.4 is 0 Å². The number of carboxylic acid groups (broad SMARTS) is 1. The van der Waals surface area contributed by atoms with E-state index in [2.05, 4.69) is 14.8 Å². The fourth-order valence-electron chi connectivity index (χ4n) is 2.33. The van der Waals surface area contributed by atoms with Crippen LogP contribution in [0.2, 0.25) is 0 Å². The predicted molar refractivity (Wildman–Crippen MR) is 67.7 cm³/mol. The quantitative estimate of drug-likeness (QED) is 0.800. The van der Waals surface area contributed by atoms with Gasteiger partial charge in [0.25, 0.3) is 0 Å². The van der Waals surface area contributed by atoms with Crippen LogP contribution in [0.1, 0.15) is 44.0 Å². The van der Waals surface area contributed by atoms with E-state index in [-0.39, 0.29) is 5.75 Å². The zero-order valence-electron chi connectivity index (χ0n) is 10.2. The van der Waals surface area contributed by atoms with Crippen molar-refractivity contribution in [3.05, 3.63) is 5.82 Å². The molecule has 2 aliphatic rings. The summed E-state index contributed by atoms with van der Waals surface area (Å²) in [6.07, 6.45) is 7.30. The van der Waals surface area contributed by atoms with Gasteiger partial charge in [-0.05, 0) is 18.8 Å². The van der Waals surface area contributed by atoms with E-state index in [9.17, 15) is 4.79 Å². The first-order valence-electron chi connectivity index (χ1n) is 6.52. The molecule has 6 heteroatoms. The summed E-state index contributed by atoms with van der Waals surface area (Å²) < 4.78 is 2.19. The Morgan fingerprint density at radius 2 is 2.11 bits per heavy atom. The number of hydrogen-bond acceptors (Lipinski definition) is 4. The molecular weight excluding hydrogens is 250 g/mol. The highest BCUT2D eigenvalue weighted by atomic mass is 32.2. The maximum Gasteiger partial charge on any atom is 0.313 e. The van der Waals surface area contributed by atoms with Crippen molar-refractivity contribution in [2.24, 2.45) is 5.92 Å². The average Bonchev–Trinajstić information content (AvgIpc) is 3.03. The normalized spacial score (nSPS) is 19.8. The molecule has 98 valence electrons. The average molecular weight is 267 g/mol. The van der Waals surface area contributed by atoms with Crippen LogP contribution in [0.15, 0.2) is 5.16 Å². The smallest absolute Gasteiger partial charge is 0.313 e. The van der Waals surface area contributed by atoms with Gasteiger partial charge < -0.3 is 9.67 Å². The Morgan fingerprint density at radius 3 is 2.67 bits per heavy atom. The van der Waals surface area contributed by atoms with Crippen molar-refractivity contribution >= 4 is 17.7 Å². The molecule has 0 bridgehead atoms. The summed E-state index contributed by atoms with van der Waals surface area (Å²) in [4.78, 5) is 10.6. The molecule has 2 fully saturated rings. The van der Waals surface area contributed by atoms with Gasteiger partial charge in [0, 0.05) is 12.5 Å². The molecule has 18 heavy (non-hydrogen) atoms. The minimum atomic E-state index is -0.800. The second-order valence-corrected chi connectivity index (χ2v) is 6.13. The van der Waals surface area contributed by atoms with Crippen molar-refractivity contribution in [2.75, 3.05) is 5.75 Å². The van der Waals surface area contributed by atoms with Crippen molar-refractivity contribution in [3.8, 4) is 0 Å². The van der Waals surface area contributed by atoms with Gasteiger partial charge in [-0.25, -0.2) is 0 Å². The summed E-state index contributed by atoms with van der Waals surface area (Å²) in [7, 11) is 0. The Balaban J connectivity index is 1.74. The lowest BCUT2D eigenvalue weighted by molar-refractivity contribution is -0.133. The number of carbonyl (C=O) groups is 1. The molecule has 1 aromatic rings. The zero-order valence-corrected chi connectivity index (χ0v) is 11.0. The van der Waals surface area contributed by atoms with Crippen LogP contribution in [0.5, 0.6) is 0 Å². The fraction of sp³-hybridized carbons (Fsp3) is 0.750. The van der Waals surface area contributed by atoms with E-state index in [1.165, 1.54) is 43.9 Å². The lowest BCUT2D eigenvalue weighted by Crippen LogP contribution is -2.17. The first-order valence-corrected chi connectivity index (χ1v) is 7.51. The molecule has 1 N–H and O–H groups in total. The van der Waals surface area contributed by atoms with Crippen LogP contribution in [-0.2, 0) is 11.2 Å². The van der Waals surface area contributed by atoms with E-state index in [1.807, 2.05) is 0 Å². The van der Waals surface area contributed by atoms with Gasteiger partial charge in [-0.2, -0.15) is 0 Å². The fourth-order valence-corrected chi connectivity index (χ4v) is 3.07. The molecule has 2 aliphatic carbocycles. The summed E-state index contributed by atoms with van der Waals surface area (Å²) in [6.45, 7) is 0. The van der Waals surface area contributed by atoms with Crippen molar-refractivity contribution in [1.82, 2.24) is 14.8 Å². The van der Waals surface area contributed by atoms with Gasteiger partial charge >= 0.3 is 5.97 Å². The second kappa shape index (κ2) is 4.91. The van der Waals surface area contributed by atoms with Crippen LogP contribution in [0.3, 0.4) is 0 Å². The third-order valence-electron chi connectivity index (χ3n) is 3.67. The summed E-state index contributed by atoms with van der Waals surface area (Å²) in [5.74, 6) is 1.10. The molecule has 0 atom stereocenters. The summed E-state index contributed by atoms with van der Waals surface area (Å²) in [5, 5.41) is 18.0. The monoisotopic (exact) mass is 267 g/mol. The number of hydrogen-bond donors (Lipinski definition) is 1. The van der Waals surface area contributed by atoms with Gasteiger partial charge in [-0.3, -0.25) is 4.79 Å². The standard InChI is InChI=1S/C12H17N3O2S/c16-11(17)7-18-12-14-13-10(6-8-2-1-3-8)15(12)9-4-5-9/h8-9H,1-7H2,(H,16,17). The van der Waals surface area contributed by atoms with E-state index in [0.717, 1.165) is 23.3 Å². The number of carboxylic acids is 1. The highest BCUT2D eigenvalue weighted by molar-refractivity contribution is 7.99. The second-order valence-electron chi connectivity index (χ2n) is 5.18. The molecule has 0 saturated heterocycles. The Kier molecular flexibility index (Phi) is 3.28. The van der Waals surface area contributed by atoms with Crippen molar-refractivity contribution in [1.29, 1.82) is 0 Å². The summed E-state index contributed by atoms with van der Waals surface area (Å²) in [6, 6.07) is 0.520. The first-order chi connectivity index (χ1) is 8.74. The number of rotatable bonds is 6.